The van der Waals surface area contributed by atoms with Crippen LogP contribution in [0.3, 0.4) is 0 Å². The highest BCUT2D eigenvalue weighted by atomic mass is 35.5. The van der Waals surface area contributed by atoms with Crippen LogP contribution >= 0.6 is 11.6 Å². The van der Waals surface area contributed by atoms with Crippen LogP contribution in [-0.4, -0.2) is 27.7 Å². The van der Waals surface area contributed by atoms with E-state index in [2.05, 4.69) is 11.8 Å². The first-order valence-electron chi connectivity index (χ1n) is 11.3. The number of hydrogen-bond donors (Lipinski definition) is 1. The average Bonchev–Trinajstić information content (AvgIpc) is 2.76. The van der Waals surface area contributed by atoms with Gasteiger partial charge < -0.3 is 14.1 Å². The van der Waals surface area contributed by atoms with Gasteiger partial charge in [0.15, 0.2) is 0 Å². The Morgan fingerprint density at radius 2 is 2.03 bits per heavy atom. The number of phenols is 1. The molecule has 0 radical (unpaired) electrons. The van der Waals surface area contributed by atoms with Crippen LogP contribution in [0.4, 0.5) is 0 Å². The largest absolute Gasteiger partial charge is 0.506 e. The zero-order valence-electron chi connectivity index (χ0n) is 18.1. The molecule has 1 fully saturated rings. The van der Waals surface area contributed by atoms with Crippen molar-refractivity contribution in [1.29, 1.82) is 0 Å². The summed E-state index contributed by atoms with van der Waals surface area (Å²) in [6.45, 7) is 4.84. The highest BCUT2D eigenvalue weighted by Gasteiger charge is 2.35. The smallest absolute Gasteiger partial charge is 0.336 e. The van der Waals surface area contributed by atoms with Crippen LogP contribution in [0.2, 0.25) is 5.02 Å². The molecule has 0 spiro atoms. The van der Waals surface area contributed by atoms with E-state index in [-0.39, 0.29) is 22.2 Å². The first-order chi connectivity index (χ1) is 15.4. The first-order valence-corrected chi connectivity index (χ1v) is 11.7. The Bertz CT molecular complexity index is 1300. The fourth-order valence-electron chi connectivity index (χ4n) is 5.45. The minimum Gasteiger partial charge on any atom is -0.506 e. The molecule has 1 saturated heterocycles. The number of halogens is 1. The summed E-state index contributed by atoms with van der Waals surface area (Å²) < 4.78 is 7.51. The zero-order chi connectivity index (χ0) is 22.4. The number of aromatic nitrogens is 1. The van der Waals surface area contributed by atoms with E-state index in [4.69, 9.17) is 16.0 Å². The van der Waals surface area contributed by atoms with Crippen molar-refractivity contribution in [3.8, 4) is 5.75 Å². The Morgan fingerprint density at radius 1 is 1.19 bits per heavy atom. The summed E-state index contributed by atoms with van der Waals surface area (Å²) in [7, 11) is 0. The number of benzene rings is 1. The zero-order valence-corrected chi connectivity index (χ0v) is 18.9. The summed E-state index contributed by atoms with van der Waals surface area (Å²) in [4.78, 5) is 26.9. The van der Waals surface area contributed by atoms with Gasteiger partial charge in [0.2, 0.25) is 0 Å². The van der Waals surface area contributed by atoms with E-state index in [9.17, 15) is 14.7 Å². The van der Waals surface area contributed by atoms with Gasteiger partial charge in [-0.2, -0.15) is 0 Å². The molecule has 7 heteroatoms. The van der Waals surface area contributed by atoms with Crippen molar-refractivity contribution in [2.75, 3.05) is 13.1 Å². The normalized spacial score (nSPS) is 20.4. The lowest BCUT2D eigenvalue weighted by Gasteiger charge is -2.42. The molecule has 0 aliphatic carbocycles. The molecule has 2 atom stereocenters. The third kappa shape index (κ3) is 3.76. The summed E-state index contributed by atoms with van der Waals surface area (Å²) in [5.74, 6) is 0.597. The number of phenolic OH excluding ortho intramolecular Hbond substituents is 1. The van der Waals surface area contributed by atoms with E-state index in [0.717, 1.165) is 55.4 Å². The molecule has 2 aromatic heterocycles. The average molecular weight is 455 g/mol. The van der Waals surface area contributed by atoms with Gasteiger partial charge in [-0.15, -0.1) is 0 Å². The van der Waals surface area contributed by atoms with Crippen molar-refractivity contribution in [3.05, 3.63) is 72.9 Å². The standard InChI is InChI=1S/C25H27ClN2O4/c1-2-3-5-16-9-23(30)32-25-18(16)10-20(26)24(31)19(25)14-27-11-15-8-17(13-27)21-6-4-7-22(29)28(21)12-15/h4,6-7,9-10,15,17,31H,2-3,5,8,11-14H2,1H3. The van der Waals surface area contributed by atoms with E-state index in [1.54, 1.807) is 12.1 Å². The van der Waals surface area contributed by atoms with Crippen LogP contribution in [0.1, 0.15) is 48.9 Å². The number of nitrogens with zero attached hydrogens (tertiary/aromatic N) is 2. The predicted molar refractivity (Wildman–Crippen MR) is 125 cm³/mol. The van der Waals surface area contributed by atoms with Crippen molar-refractivity contribution >= 4 is 22.6 Å². The van der Waals surface area contributed by atoms with Crippen molar-refractivity contribution in [1.82, 2.24) is 9.47 Å². The predicted octanol–water partition coefficient (Wildman–Crippen LogP) is 4.28. The van der Waals surface area contributed by atoms with E-state index in [1.165, 1.54) is 6.07 Å². The van der Waals surface area contributed by atoms with Gasteiger partial charge in [0.1, 0.15) is 11.3 Å². The lowest BCUT2D eigenvalue weighted by atomic mass is 9.83. The molecule has 2 bridgehead atoms. The van der Waals surface area contributed by atoms with Crippen LogP contribution in [0.25, 0.3) is 11.0 Å². The van der Waals surface area contributed by atoms with E-state index in [1.807, 2.05) is 16.7 Å². The van der Waals surface area contributed by atoms with Crippen molar-refractivity contribution in [2.24, 2.45) is 5.92 Å². The minimum absolute atomic E-state index is 0.0256. The number of unbranched alkanes of at least 4 members (excludes halogenated alkanes) is 1. The highest BCUT2D eigenvalue weighted by Crippen LogP contribution is 2.39. The number of rotatable bonds is 5. The molecule has 0 saturated carbocycles. The molecule has 4 heterocycles. The maximum atomic E-state index is 12.3. The van der Waals surface area contributed by atoms with Crippen LogP contribution in [0, 0.1) is 5.92 Å². The van der Waals surface area contributed by atoms with E-state index >= 15 is 0 Å². The minimum atomic E-state index is -0.407. The van der Waals surface area contributed by atoms with Crippen LogP contribution in [0.5, 0.6) is 5.75 Å². The van der Waals surface area contributed by atoms with Gasteiger partial charge in [-0.3, -0.25) is 9.69 Å². The van der Waals surface area contributed by atoms with Crippen molar-refractivity contribution in [2.45, 2.75) is 51.6 Å². The Labute approximate surface area is 191 Å². The fraction of sp³-hybridized carbons (Fsp3) is 0.440. The summed E-state index contributed by atoms with van der Waals surface area (Å²) in [5, 5.41) is 11.9. The fourth-order valence-corrected chi connectivity index (χ4v) is 5.67. The second kappa shape index (κ2) is 8.41. The van der Waals surface area contributed by atoms with E-state index in [0.29, 0.717) is 30.2 Å². The summed E-state index contributed by atoms with van der Waals surface area (Å²) in [6, 6.07) is 8.73. The van der Waals surface area contributed by atoms with Gasteiger partial charge in [-0.1, -0.05) is 31.0 Å². The molecule has 1 aromatic carbocycles. The quantitative estimate of drug-likeness (QED) is 0.582. The lowest BCUT2D eigenvalue weighted by Crippen LogP contribution is -2.46. The monoisotopic (exact) mass is 454 g/mol. The molecular formula is C25H27ClN2O4. The molecule has 0 amide bonds. The first kappa shape index (κ1) is 21.3. The molecule has 2 unspecified atom stereocenters. The van der Waals surface area contributed by atoms with Gasteiger partial charge in [0.05, 0.1) is 10.6 Å². The number of aromatic hydroxyl groups is 1. The summed E-state index contributed by atoms with van der Waals surface area (Å²) >= 11 is 6.41. The van der Waals surface area contributed by atoms with Crippen LogP contribution < -0.4 is 11.2 Å². The number of hydrogen-bond acceptors (Lipinski definition) is 5. The number of piperidine rings is 1. The summed E-state index contributed by atoms with van der Waals surface area (Å²) in [6.07, 6.45) is 3.79. The van der Waals surface area contributed by atoms with Crippen LogP contribution in [0.15, 0.2) is 44.3 Å². The molecule has 1 N–H and O–H groups in total. The van der Waals surface area contributed by atoms with Gasteiger partial charge in [0.25, 0.3) is 5.56 Å². The molecule has 5 rings (SSSR count). The third-order valence-electron chi connectivity index (χ3n) is 6.88. The lowest BCUT2D eigenvalue weighted by molar-refractivity contribution is 0.113. The Morgan fingerprint density at radius 3 is 2.84 bits per heavy atom. The van der Waals surface area contributed by atoms with E-state index < -0.39 is 5.63 Å². The molecular weight excluding hydrogens is 428 g/mol. The number of fused-ring (bicyclic) bond motifs is 5. The second-order valence-electron chi connectivity index (χ2n) is 9.15. The number of pyridine rings is 1. The second-order valence-corrected chi connectivity index (χ2v) is 9.56. The SMILES string of the molecule is CCCCc1cc(=O)oc2c(CN3CC4CC(C3)c3cccc(=O)n3C4)c(O)c(Cl)cc12. The molecule has 2 aliphatic heterocycles. The molecule has 32 heavy (non-hydrogen) atoms. The summed E-state index contributed by atoms with van der Waals surface area (Å²) in [5.41, 5.74) is 2.63. The van der Waals surface area contributed by atoms with Crippen LogP contribution in [-0.2, 0) is 19.5 Å². The molecule has 2 aliphatic rings. The molecule has 168 valence electrons. The van der Waals surface area contributed by atoms with Crippen molar-refractivity contribution < 1.29 is 9.52 Å². The molecule has 6 nitrogen and oxygen atoms in total. The maximum Gasteiger partial charge on any atom is 0.336 e. The third-order valence-corrected chi connectivity index (χ3v) is 7.17. The Kier molecular flexibility index (Phi) is 5.59. The van der Waals surface area contributed by atoms with Gasteiger partial charge in [0, 0.05) is 55.3 Å². The van der Waals surface area contributed by atoms with Gasteiger partial charge >= 0.3 is 5.63 Å². The Hall–Kier alpha value is -2.57. The topological polar surface area (TPSA) is 75.7 Å². The maximum absolute atomic E-state index is 12.3. The molecule has 3 aromatic rings. The highest BCUT2D eigenvalue weighted by molar-refractivity contribution is 6.33. The van der Waals surface area contributed by atoms with Crippen molar-refractivity contribution in [3.63, 3.8) is 0 Å². The number of likely N-dealkylation sites (tertiary alicyclic amines) is 1. The van der Waals surface area contributed by atoms with Gasteiger partial charge in [-0.05, 0) is 42.9 Å². The van der Waals surface area contributed by atoms with Gasteiger partial charge in [-0.25, -0.2) is 4.79 Å². The number of aryl methyl sites for hydroxylation is 1. The Balaban J connectivity index is 1.52.